The van der Waals surface area contributed by atoms with Crippen LogP contribution in [-0.2, 0) is 22.7 Å². The molecule has 0 aliphatic rings. The minimum absolute atomic E-state index is 0.0476. The summed E-state index contributed by atoms with van der Waals surface area (Å²) in [6.07, 6.45) is 0. The lowest BCUT2D eigenvalue weighted by molar-refractivity contribution is -0.125. The molecule has 0 spiro atoms. The van der Waals surface area contributed by atoms with Gasteiger partial charge in [0, 0.05) is 19.7 Å². The highest BCUT2D eigenvalue weighted by molar-refractivity contribution is 5.79. The summed E-state index contributed by atoms with van der Waals surface area (Å²) < 4.78 is 5.19. The molecule has 0 saturated heterocycles. The fourth-order valence-corrected chi connectivity index (χ4v) is 2.50. The Morgan fingerprint density at radius 1 is 1.09 bits per heavy atom. The Kier molecular flexibility index (Phi) is 6.32. The van der Waals surface area contributed by atoms with Crippen molar-refractivity contribution in [3.63, 3.8) is 0 Å². The summed E-state index contributed by atoms with van der Waals surface area (Å²) in [5, 5.41) is 2.97. The highest BCUT2D eigenvalue weighted by Gasteiger charge is 2.21. The third-order valence-electron chi connectivity index (χ3n) is 4.01. The van der Waals surface area contributed by atoms with E-state index in [1.807, 2.05) is 61.5 Å². The number of carbonyl (C=O) groups excluding carboxylic acids is 1. The van der Waals surface area contributed by atoms with E-state index < -0.39 is 0 Å². The van der Waals surface area contributed by atoms with Gasteiger partial charge in [0.15, 0.2) is 0 Å². The molecule has 0 aliphatic carbocycles. The van der Waals surface area contributed by atoms with Crippen molar-refractivity contribution < 1.29 is 9.53 Å². The summed E-state index contributed by atoms with van der Waals surface area (Å²) in [6.45, 7) is 2.86. The first-order valence-corrected chi connectivity index (χ1v) is 7.77. The molecule has 2 atom stereocenters. The maximum Gasteiger partial charge on any atom is 0.225 e. The Morgan fingerprint density at radius 2 is 1.70 bits per heavy atom. The van der Waals surface area contributed by atoms with Gasteiger partial charge < -0.3 is 15.8 Å². The van der Waals surface area contributed by atoms with Crippen molar-refractivity contribution in [3.8, 4) is 0 Å². The van der Waals surface area contributed by atoms with Gasteiger partial charge in [0.2, 0.25) is 5.91 Å². The second-order valence-corrected chi connectivity index (χ2v) is 5.64. The van der Waals surface area contributed by atoms with Gasteiger partial charge in [0.05, 0.1) is 12.5 Å². The van der Waals surface area contributed by atoms with Gasteiger partial charge in [-0.15, -0.1) is 0 Å². The van der Waals surface area contributed by atoms with E-state index in [1.54, 1.807) is 7.11 Å². The molecule has 4 nitrogen and oxygen atoms in total. The number of carbonyl (C=O) groups is 1. The van der Waals surface area contributed by atoms with Crippen LogP contribution in [-0.4, -0.2) is 13.0 Å². The lowest BCUT2D eigenvalue weighted by Crippen LogP contribution is -2.35. The third kappa shape index (κ3) is 4.65. The zero-order valence-electron chi connectivity index (χ0n) is 13.7. The summed E-state index contributed by atoms with van der Waals surface area (Å²) in [7, 11) is 1.66. The first-order valence-electron chi connectivity index (χ1n) is 7.77. The molecule has 0 bridgehead atoms. The maximum atomic E-state index is 12.4. The average molecular weight is 312 g/mol. The van der Waals surface area contributed by atoms with Crippen molar-refractivity contribution >= 4 is 5.91 Å². The number of methoxy groups -OCH3 is 1. The van der Waals surface area contributed by atoms with Crippen LogP contribution in [0.2, 0.25) is 0 Å². The molecule has 122 valence electrons. The SMILES string of the molecule is COCc1ccccc1CNC(=O)C(C)C(N)c1ccccc1. The largest absolute Gasteiger partial charge is 0.380 e. The highest BCUT2D eigenvalue weighted by atomic mass is 16.5. The lowest BCUT2D eigenvalue weighted by Gasteiger charge is -2.20. The molecule has 3 N–H and O–H groups in total. The van der Waals surface area contributed by atoms with Crippen LogP contribution in [0.4, 0.5) is 0 Å². The van der Waals surface area contributed by atoms with Crippen molar-refractivity contribution in [1.29, 1.82) is 0 Å². The average Bonchev–Trinajstić information content (AvgIpc) is 2.60. The molecule has 23 heavy (non-hydrogen) atoms. The van der Waals surface area contributed by atoms with Gasteiger partial charge in [0.25, 0.3) is 0 Å². The van der Waals surface area contributed by atoms with Gasteiger partial charge in [-0.25, -0.2) is 0 Å². The number of benzene rings is 2. The molecular weight excluding hydrogens is 288 g/mol. The zero-order valence-corrected chi connectivity index (χ0v) is 13.7. The van der Waals surface area contributed by atoms with E-state index in [1.165, 1.54) is 0 Å². The summed E-state index contributed by atoms with van der Waals surface area (Å²) in [5.74, 6) is -0.347. The predicted octanol–water partition coefficient (Wildman–Crippen LogP) is 2.79. The predicted molar refractivity (Wildman–Crippen MR) is 91.5 cm³/mol. The van der Waals surface area contributed by atoms with Gasteiger partial charge in [-0.1, -0.05) is 61.5 Å². The van der Waals surface area contributed by atoms with Gasteiger partial charge in [-0.3, -0.25) is 4.79 Å². The van der Waals surface area contributed by atoms with E-state index in [0.29, 0.717) is 13.2 Å². The van der Waals surface area contributed by atoms with Crippen molar-refractivity contribution in [2.24, 2.45) is 11.7 Å². The molecule has 4 heteroatoms. The van der Waals surface area contributed by atoms with Crippen LogP contribution in [0.3, 0.4) is 0 Å². The van der Waals surface area contributed by atoms with Crippen LogP contribution in [0.15, 0.2) is 54.6 Å². The van der Waals surface area contributed by atoms with E-state index in [-0.39, 0.29) is 17.9 Å². The maximum absolute atomic E-state index is 12.4. The summed E-state index contributed by atoms with van der Waals surface area (Å²) in [4.78, 5) is 12.4. The number of hydrogen-bond donors (Lipinski definition) is 2. The normalized spacial score (nSPS) is 13.3. The number of rotatable bonds is 7. The molecule has 1 amide bonds. The summed E-state index contributed by atoms with van der Waals surface area (Å²) in [6, 6.07) is 17.3. The van der Waals surface area contributed by atoms with Crippen LogP contribution < -0.4 is 11.1 Å². The van der Waals surface area contributed by atoms with E-state index in [9.17, 15) is 4.79 Å². The van der Waals surface area contributed by atoms with Crippen LogP contribution in [0.25, 0.3) is 0 Å². The molecule has 2 aromatic rings. The Labute approximate surface area is 137 Å². The second kappa shape index (κ2) is 8.46. The Balaban J connectivity index is 1.97. The third-order valence-corrected chi connectivity index (χ3v) is 4.01. The van der Waals surface area contributed by atoms with Gasteiger partial charge in [0.1, 0.15) is 0 Å². The van der Waals surface area contributed by atoms with Crippen LogP contribution in [0.1, 0.15) is 29.7 Å². The fourth-order valence-electron chi connectivity index (χ4n) is 2.50. The first kappa shape index (κ1) is 17.2. The molecule has 2 unspecified atom stereocenters. The monoisotopic (exact) mass is 312 g/mol. The van der Waals surface area contributed by atoms with Crippen LogP contribution >= 0.6 is 0 Å². The zero-order chi connectivity index (χ0) is 16.7. The van der Waals surface area contributed by atoms with Gasteiger partial charge in [-0.2, -0.15) is 0 Å². The van der Waals surface area contributed by atoms with Crippen molar-refractivity contribution in [2.75, 3.05) is 7.11 Å². The van der Waals surface area contributed by atoms with Crippen molar-refractivity contribution in [2.45, 2.75) is 26.1 Å². The molecule has 0 saturated carbocycles. The Bertz CT molecular complexity index is 628. The molecular formula is C19H24N2O2. The number of amides is 1. The minimum Gasteiger partial charge on any atom is -0.380 e. The molecule has 2 aromatic carbocycles. The standard InChI is InChI=1S/C19H24N2O2/c1-14(18(20)15-8-4-3-5-9-15)19(22)21-12-16-10-6-7-11-17(16)13-23-2/h3-11,14,18H,12-13,20H2,1-2H3,(H,21,22). The number of nitrogens with one attached hydrogen (secondary N) is 1. The molecule has 0 heterocycles. The van der Waals surface area contributed by atoms with E-state index >= 15 is 0 Å². The fraction of sp³-hybridized carbons (Fsp3) is 0.316. The quantitative estimate of drug-likeness (QED) is 0.826. The number of nitrogens with two attached hydrogens (primary N) is 1. The minimum atomic E-state index is -0.314. The topological polar surface area (TPSA) is 64.3 Å². The summed E-state index contributed by atoms with van der Waals surface area (Å²) >= 11 is 0. The number of ether oxygens (including phenoxy) is 1. The Morgan fingerprint density at radius 3 is 2.35 bits per heavy atom. The van der Waals surface area contributed by atoms with Crippen molar-refractivity contribution in [3.05, 3.63) is 71.3 Å². The molecule has 0 aliphatic heterocycles. The second-order valence-electron chi connectivity index (χ2n) is 5.64. The molecule has 0 radical (unpaired) electrons. The van der Waals surface area contributed by atoms with E-state index in [2.05, 4.69) is 5.32 Å². The smallest absolute Gasteiger partial charge is 0.225 e. The van der Waals surface area contributed by atoms with Crippen LogP contribution in [0, 0.1) is 5.92 Å². The number of hydrogen-bond acceptors (Lipinski definition) is 3. The van der Waals surface area contributed by atoms with Gasteiger partial charge >= 0.3 is 0 Å². The van der Waals surface area contributed by atoms with E-state index in [4.69, 9.17) is 10.5 Å². The van der Waals surface area contributed by atoms with Crippen LogP contribution in [0.5, 0.6) is 0 Å². The van der Waals surface area contributed by atoms with E-state index in [0.717, 1.165) is 16.7 Å². The molecule has 0 fully saturated rings. The van der Waals surface area contributed by atoms with Gasteiger partial charge in [-0.05, 0) is 16.7 Å². The molecule has 0 aromatic heterocycles. The summed E-state index contributed by atoms with van der Waals surface area (Å²) in [5.41, 5.74) is 9.31. The Hall–Kier alpha value is -2.17. The first-order chi connectivity index (χ1) is 11.1. The van der Waals surface area contributed by atoms with Crippen molar-refractivity contribution in [1.82, 2.24) is 5.32 Å². The lowest BCUT2D eigenvalue weighted by atomic mass is 9.94. The highest BCUT2D eigenvalue weighted by Crippen LogP contribution is 2.19. The molecule has 2 rings (SSSR count).